The van der Waals surface area contributed by atoms with E-state index < -0.39 is 12.1 Å². The average Bonchev–Trinajstić information content (AvgIpc) is 3.33. The maximum absolute atomic E-state index is 13.1. The second-order valence-electron chi connectivity index (χ2n) is 6.83. The number of esters is 1. The number of carbonyl (C=O) groups excluding carboxylic acids is 2. The molecule has 2 aliphatic rings. The van der Waals surface area contributed by atoms with Crippen LogP contribution in [-0.2, 0) is 14.3 Å². The van der Waals surface area contributed by atoms with Gasteiger partial charge in [0.1, 0.15) is 0 Å². The van der Waals surface area contributed by atoms with Gasteiger partial charge >= 0.3 is 5.97 Å². The third-order valence-electron chi connectivity index (χ3n) is 4.91. The quantitative estimate of drug-likeness (QED) is 0.672. The summed E-state index contributed by atoms with van der Waals surface area (Å²) in [4.78, 5) is 27.6. The van der Waals surface area contributed by atoms with Gasteiger partial charge in [-0.25, -0.2) is 4.79 Å². The van der Waals surface area contributed by atoms with Crippen molar-refractivity contribution in [3.8, 4) is 0 Å². The first kappa shape index (κ1) is 20.3. The van der Waals surface area contributed by atoms with Gasteiger partial charge in [-0.1, -0.05) is 42.5 Å². The molecule has 2 aromatic carbocycles. The topological polar surface area (TPSA) is 55.8 Å². The highest BCUT2D eigenvalue weighted by Gasteiger charge is 2.31. The predicted molar refractivity (Wildman–Crippen MR) is 116 cm³/mol. The molecule has 0 saturated carbocycles. The second-order valence-corrected chi connectivity index (χ2v) is 9.55. The molecule has 29 heavy (non-hydrogen) atoms. The summed E-state index contributed by atoms with van der Waals surface area (Å²) in [5.41, 5.74) is 2.34. The fourth-order valence-corrected chi connectivity index (χ4v) is 6.20. The third-order valence-corrected chi connectivity index (χ3v) is 8.02. The molecule has 0 aliphatic carbocycles. The fraction of sp³-hybridized carbons (Fsp3) is 0.364. The Kier molecular flexibility index (Phi) is 6.79. The molecule has 2 aliphatic heterocycles. The van der Waals surface area contributed by atoms with Crippen LogP contribution in [0.1, 0.15) is 32.2 Å². The Labute approximate surface area is 179 Å². The third kappa shape index (κ3) is 4.97. The molecule has 5 nitrogen and oxygen atoms in total. The van der Waals surface area contributed by atoms with E-state index in [0.29, 0.717) is 42.0 Å². The van der Waals surface area contributed by atoms with E-state index in [2.05, 4.69) is 0 Å². The van der Waals surface area contributed by atoms with E-state index in [9.17, 15) is 9.59 Å². The van der Waals surface area contributed by atoms with Gasteiger partial charge < -0.3 is 14.4 Å². The van der Waals surface area contributed by atoms with Crippen LogP contribution in [0.4, 0.5) is 0 Å². The number of hydrogen-bond donors (Lipinski definition) is 0. The molecule has 2 heterocycles. The lowest BCUT2D eigenvalue weighted by atomic mass is 10.1. The summed E-state index contributed by atoms with van der Waals surface area (Å²) in [5, 5.41) is 0. The van der Waals surface area contributed by atoms with Crippen molar-refractivity contribution >= 4 is 35.4 Å². The molecule has 4 rings (SSSR count). The lowest BCUT2D eigenvalue weighted by Crippen LogP contribution is -2.44. The van der Waals surface area contributed by atoms with E-state index in [-0.39, 0.29) is 5.91 Å². The van der Waals surface area contributed by atoms with Crippen molar-refractivity contribution in [2.24, 2.45) is 0 Å². The van der Waals surface area contributed by atoms with E-state index in [1.54, 1.807) is 17.0 Å². The highest BCUT2D eigenvalue weighted by Crippen LogP contribution is 2.45. The molecule has 0 N–H and O–H groups in total. The molecule has 2 saturated heterocycles. The van der Waals surface area contributed by atoms with E-state index in [1.807, 2.05) is 66.0 Å². The number of carbonyl (C=O) groups is 2. The van der Waals surface area contributed by atoms with Gasteiger partial charge in [0.25, 0.3) is 5.91 Å². The zero-order valence-corrected chi connectivity index (χ0v) is 17.6. The van der Waals surface area contributed by atoms with Crippen LogP contribution >= 0.6 is 23.5 Å². The van der Waals surface area contributed by atoms with Gasteiger partial charge in [-0.2, -0.15) is 0 Å². The Bertz CT molecular complexity index is 832. The van der Waals surface area contributed by atoms with E-state index >= 15 is 0 Å². The number of thioether (sulfide) groups is 2. The van der Waals surface area contributed by atoms with Gasteiger partial charge in [0.15, 0.2) is 0 Å². The number of benzene rings is 2. The van der Waals surface area contributed by atoms with E-state index in [4.69, 9.17) is 9.47 Å². The van der Waals surface area contributed by atoms with Crippen LogP contribution in [0.3, 0.4) is 0 Å². The number of ether oxygens (including phenoxy) is 2. The van der Waals surface area contributed by atoms with Crippen molar-refractivity contribution in [2.45, 2.75) is 10.7 Å². The summed E-state index contributed by atoms with van der Waals surface area (Å²) < 4.78 is 11.5. The Balaban J connectivity index is 1.50. The molecule has 152 valence electrons. The van der Waals surface area contributed by atoms with Crippen LogP contribution < -0.4 is 0 Å². The molecule has 0 spiro atoms. The molecule has 2 aromatic rings. The molecule has 0 aromatic heterocycles. The molecule has 1 unspecified atom stereocenters. The highest BCUT2D eigenvalue weighted by molar-refractivity contribution is 8.19. The van der Waals surface area contributed by atoms with Crippen molar-refractivity contribution < 1.29 is 19.1 Å². The van der Waals surface area contributed by atoms with Crippen molar-refractivity contribution in [2.75, 3.05) is 37.8 Å². The van der Waals surface area contributed by atoms with Crippen molar-refractivity contribution in [3.05, 3.63) is 71.3 Å². The standard InChI is InChI=1S/C22H23NO4S2/c24-20(23-10-12-26-13-11-23)19(16-4-2-1-3-5-16)27-21(25)17-6-8-18(9-7-17)22-28-14-15-29-22/h1-9,19,22H,10-15H2. The molecule has 1 atom stereocenters. The molecular weight excluding hydrogens is 406 g/mol. The fourth-order valence-electron chi connectivity index (χ4n) is 3.34. The summed E-state index contributed by atoms with van der Waals surface area (Å²) in [5.74, 6) is 1.62. The normalized spacial score (nSPS) is 18.4. The smallest absolute Gasteiger partial charge is 0.339 e. The summed E-state index contributed by atoms with van der Waals surface area (Å²) in [6.07, 6.45) is -0.956. The van der Waals surface area contributed by atoms with Crippen LogP contribution in [0.2, 0.25) is 0 Å². The summed E-state index contributed by atoms with van der Waals surface area (Å²) in [6.45, 7) is 2.01. The Morgan fingerprint density at radius 3 is 2.28 bits per heavy atom. The number of nitrogens with zero attached hydrogens (tertiary/aromatic N) is 1. The maximum Gasteiger partial charge on any atom is 0.339 e. The Hall–Kier alpha value is -1.96. The molecule has 7 heteroatoms. The van der Waals surface area contributed by atoms with Gasteiger partial charge in [0.2, 0.25) is 6.10 Å². The maximum atomic E-state index is 13.1. The van der Waals surface area contributed by atoms with Crippen LogP contribution in [0.15, 0.2) is 54.6 Å². The Morgan fingerprint density at radius 2 is 1.62 bits per heavy atom. The lowest BCUT2D eigenvalue weighted by Gasteiger charge is -2.30. The van der Waals surface area contributed by atoms with Crippen LogP contribution in [0.5, 0.6) is 0 Å². The van der Waals surface area contributed by atoms with Crippen molar-refractivity contribution in [1.82, 2.24) is 4.90 Å². The average molecular weight is 430 g/mol. The SMILES string of the molecule is O=C(OC(C(=O)N1CCOCC1)c1ccccc1)c1ccc(C2SCCS2)cc1. The minimum atomic E-state index is -0.956. The minimum absolute atomic E-state index is 0.205. The van der Waals surface area contributed by atoms with Crippen molar-refractivity contribution in [1.29, 1.82) is 0 Å². The molecule has 0 bridgehead atoms. The predicted octanol–water partition coefficient (Wildman–Crippen LogP) is 3.92. The number of hydrogen-bond acceptors (Lipinski definition) is 6. The monoisotopic (exact) mass is 429 g/mol. The first-order valence-electron chi connectivity index (χ1n) is 9.68. The number of amides is 1. The first-order chi connectivity index (χ1) is 14.2. The highest BCUT2D eigenvalue weighted by atomic mass is 32.2. The first-order valence-corrected chi connectivity index (χ1v) is 11.8. The number of morpholine rings is 1. The van der Waals surface area contributed by atoms with Crippen LogP contribution in [-0.4, -0.2) is 54.6 Å². The van der Waals surface area contributed by atoms with E-state index in [0.717, 1.165) is 11.5 Å². The number of rotatable bonds is 5. The van der Waals surface area contributed by atoms with E-state index in [1.165, 1.54) is 5.56 Å². The summed E-state index contributed by atoms with van der Waals surface area (Å²) >= 11 is 3.85. The molecular formula is C22H23NO4S2. The zero-order valence-electron chi connectivity index (χ0n) is 16.0. The van der Waals surface area contributed by atoms with Gasteiger partial charge in [-0.15, -0.1) is 23.5 Å². The van der Waals surface area contributed by atoms with Gasteiger partial charge in [0, 0.05) is 30.2 Å². The van der Waals surface area contributed by atoms with Gasteiger partial charge in [-0.05, 0) is 17.7 Å². The Morgan fingerprint density at radius 1 is 0.966 bits per heavy atom. The minimum Gasteiger partial charge on any atom is -0.444 e. The van der Waals surface area contributed by atoms with Gasteiger partial charge in [0.05, 0.1) is 23.4 Å². The van der Waals surface area contributed by atoms with Crippen molar-refractivity contribution in [3.63, 3.8) is 0 Å². The molecule has 0 radical (unpaired) electrons. The van der Waals surface area contributed by atoms with Gasteiger partial charge in [-0.3, -0.25) is 4.79 Å². The van der Waals surface area contributed by atoms with Crippen LogP contribution in [0, 0.1) is 0 Å². The zero-order chi connectivity index (χ0) is 20.1. The largest absolute Gasteiger partial charge is 0.444 e. The molecule has 1 amide bonds. The lowest BCUT2D eigenvalue weighted by molar-refractivity contribution is -0.145. The summed E-state index contributed by atoms with van der Waals surface area (Å²) in [7, 11) is 0. The van der Waals surface area contributed by atoms with Crippen LogP contribution in [0.25, 0.3) is 0 Å². The summed E-state index contributed by atoms with van der Waals surface area (Å²) in [6, 6.07) is 16.7. The molecule has 2 fully saturated rings. The second kappa shape index (κ2) is 9.69.